The molecule has 0 radical (unpaired) electrons. The Morgan fingerprint density at radius 1 is 1.19 bits per heavy atom. The van der Waals surface area contributed by atoms with Crippen LogP contribution in [0.3, 0.4) is 0 Å². The SMILES string of the molecule is Cc1ccc2c(Cl)c(C(=O)Nc3nonc3-c3ccc(F)cc3)sc2c1. The van der Waals surface area contributed by atoms with Gasteiger partial charge in [0.15, 0.2) is 5.69 Å². The molecule has 0 saturated heterocycles. The summed E-state index contributed by atoms with van der Waals surface area (Å²) in [6.07, 6.45) is 0. The first-order valence-corrected chi connectivity index (χ1v) is 8.81. The Hall–Kier alpha value is -2.77. The van der Waals surface area contributed by atoms with Gasteiger partial charge in [-0.15, -0.1) is 11.3 Å². The number of benzene rings is 2. The molecule has 8 heteroatoms. The lowest BCUT2D eigenvalue weighted by Gasteiger charge is -2.02. The van der Waals surface area contributed by atoms with Crippen LogP contribution in [0.4, 0.5) is 10.2 Å². The fourth-order valence-electron chi connectivity index (χ4n) is 2.55. The second-order valence-corrected chi connectivity index (χ2v) is 7.10. The molecule has 4 aromatic rings. The molecular formula is C18H11ClFN3O2S. The van der Waals surface area contributed by atoms with E-state index in [0.717, 1.165) is 15.6 Å². The molecule has 0 unspecified atom stereocenters. The van der Waals surface area contributed by atoms with E-state index in [1.54, 1.807) is 0 Å². The van der Waals surface area contributed by atoms with Crippen molar-refractivity contribution < 1.29 is 13.8 Å². The molecule has 0 aliphatic carbocycles. The molecule has 130 valence electrons. The minimum atomic E-state index is -0.409. The summed E-state index contributed by atoms with van der Waals surface area (Å²) in [7, 11) is 0. The number of hydrogen-bond acceptors (Lipinski definition) is 5. The van der Waals surface area contributed by atoms with Crippen molar-refractivity contribution in [1.82, 2.24) is 10.3 Å². The van der Waals surface area contributed by atoms with Crippen LogP contribution < -0.4 is 5.32 Å². The number of carbonyl (C=O) groups excluding carboxylic acids is 1. The molecule has 0 atom stereocenters. The van der Waals surface area contributed by atoms with Crippen molar-refractivity contribution in [2.24, 2.45) is 0 Å². The largest absolute Gasteiger partial charge is 0.301 e. The number of carbonyl (C=O) groups is 1. The summed E-state index contributed by atoms with van der Waals surface area (Å²) in [5.41, 5.74) is 1.97. The molecule has 0 bridgehead atoms. The molecule has 26 heavy (non-hydrogen) atoms. The Morgan fingerprint density at radius 2 is 1.96 bits per heavy atom. The Balaban J connectivity index is 1.67. The van der Waals surface area contributed by atoms with Crippen molar-refractivity contribution >= 4 is 44.7 Å². The number of aryl methyl sites for hydroxylation is 1. The van der Waals surface area contributed by atoms with Crippen LogP contribution in [-0.2, 0) is 0 Å². The average Bonchev–Trinajstić information content (AvgIpc) is 3.20. The standard InChI is InChI=1S/C18H11ClFN3O2S/c1-9-2-7-12-13(8-9)26-16(14(12)19)18(24)21-17-15(22-25-23-17)10-3-5-11(20)6-4-10/h2-8H,1H3,(H,21,23,24). The maximum Gasteiger partial charge on any atom is 0.268 e. The van der Waals surface area contributed by atoms with Gasteiger partial charge in [-0.05, 0) is 53.1 Å². The molecule has 0 aliphatic rings. The lowest BCUT2D eigenvalue weighted by molar-refractivity contribution is 0.102. The van der Waals surface area contributed by atoms with Crippen LogP contribution in [0.15, 0.2) is 47.1 Å². The first-order valence-electron chi connectivity index (χ1n) is 7.61. The van der Waals surface area contributed by atoms with Crippen LogP contribution in [0.25, 0.3) is 21.3 Å². The van der Waals surface area contributed by atoms with E-state index >= 15 is 0 Å². The van der Waals surface area contributed by atoms with Crippen LogP contribution in [-0.4, -0.2) is 16.2 Å². The third kappa shape index (κ3) is 2.95. The van der Waals surface area contributed by atoms with E-state index < -0.39 is 5.91 Å². The fourth-order valence-corrected chi connectivity index (χ4v) is 4.06. The summed E-state index contributed by atoms with van der Waals surface area (Å²) in [6.45, 7) is 1.98. The summed E-state index contributed by atoms with van der Waals surface area (Å²) in [6, 6.07) is 11.4. The van der Waals surface area contributed by atoms with E-state index in [0.29, 0.717) is 21.2 Å². The van der Waals surface area contributed by atoms with Gasteiger partial charge in [0.1, 0.15) is 10.7 Å². The van der Waals surface area contributed by atoms with E-state index in [4.69, 9.17) is 16.2 Å². The highest BCUT2D eigenvalue weighted by Crippen LogP contribution is 2.36. The summed E-state index contributed by atoms with van der Waals surface area (Å²) in [5.74, 6) is -0.637. The number of hydrogen-bond donors (Lipinski definition) is 1. The second kappa shape index (κ2) is 6.51. The molecule has 2 heterocycles. The number of rotatable bonds is 3. The van der Waals surface area contributed by atoms with Crippen molar-refractivity contribution in [1.29, 1.82) is 0 Å². The Bertz CT molecular complexity index is 1120. The average molecular weight is 388 g/mol. The first kappa shape index (κ1) is 16.7. The zero-order valence-corrected chi connectivity index (χ0v) is 15.0. The van der Waals surface area contributed by atoms with Crippen molar-refractivity contribution in [3.63, 3.8) is 0 Å². The fraction of sp³-hybridized carbons (Fsp3) is 0.0556. The van der Waals surface area contributed by atoms with Gasteiger partial charge in [0.05, 0.1) is 5.02 Å². The monoisotopic (exact) mass is 387 g/mol. The van der Waals surface area contributed by atoms with Crippen LogP contribution in [0, 0.1) is 12.7 Å². The van der Waals surface area contributed by atoms with Crippen molar-refractivity contribution in [3.8, 4) is 11.3 Å². The molecule has 2 aromatic heterocycles. The predicted octanol–water partition coefficient (Wildman–Crippen LogP) is 5.30. The maximum atomic E-state index is 13.1. The van der Waals surface area contributed by atoms with E-state index in [1.807, 2.05) is 25.1 Å². The van der Waals surface area contributed by atoms with Gasteiger partial charge in [0.25, 0.3) is 5.91 Å². The predicted molar refractivity (Wildman–Crippen MR) is 99.2 cm³/mol. The highest BCUT2D eigenvalue weighted by Gasteiger charge is 2.21. The zero-order valence-electron chi connectivity index (χ0n) is 13.4. The van der Waals surface area contributed by atoms with Gasteiger partial charge in [0.2, 0.25) is 5.82 Å². The molecule has 0 saturated carbocycles. The number of nitrogens with one attached hydrogen (secondary N) is 1. The molecule has 4 rings (SSSR count). The van der Waals surface area contributed by atoms with Gasteiger partial charge in [-0.1, -0.05) is 23.7 Å². The number of halogens is 2. The number of anilines is 1. The molecule has 5 nitrogen and oxygen atoms in total. The summed E-state index contributed by atoms with van der Waals surface area (Å²) < 4.78 is 18.8. The quantitative estimate of drug-likeness (QED) is 0.517. The summed E-state index contributed by atoms with van der Waals surface area (Å²) >= 11 is 7.67. The number of nitrogens with zero attached hydrogens (tertiary/aromatic N) is 2. The second-order valence-electron chi connectivity index (χ2n) is 5.67. The van der Waals surface area contributed by atoms with Crippen LogP contribution in [0.5, 0.6) is 0 Å². The first-order chi connectivity index (χ1) is 12.5. The lowest BCUT2D eigenvalue weighted by Crippen LogP contribution is -2.11. The summed E-state index contributed by atoms with van der Waals surface area (Å²) in [5, 5.41) is 11.4. The zero-order chi connectivity index (χ0) is 18.3. The molecule has 1 N–H and O–H groups in total. The number of amides is 1. The van der Waals surface area contributed by atoms with E-state index in [1.165, 1.54) is 35.6 Å². The minimum Gasteiger partial charge on any atom is -0.301 e. The van der Waals surface area contributed by atoms with Gasteiger partial charge >= 0.3 is 0 Å². The van der Waals surface area contributed by atoms with Crippen molar-refractivity contribution in [3.05, 3.63) is 63.7 Å². The number of aromatic nitrogens is 2. The molecule has 2 aromatic carbocycles. The number of thiophene rings is 1. The maximum absolute atomic E-state index is 13.1. The van der Waals surface area contributed by atoms with Crippen LogP contribution in [0.1, 0.15) is 15.2 Å². The Labute approximate surface area is 156 Å². The minimum absolute atomic E-state index is 0.145. The topological polar surface area (TPSA) is 68.0 Å². The third-order valence-electron chi connectivity index (χ3n) is 3.83. The van der Waals surface area contributed by atoms with E-state index in [2.05, 4.69) is 15.6 Å². The lowest BCUT2D eigenvalue weighted by atomic mass is 10.1. The molecular weight excluding hydrogens is 377 g/mol. The van der Waals surface area contributed by atoms with E-state index in [9.17, 15) is 9.18 Å². The van der Waals surface area contributed by atoms with Gasteiger partial charge in [-0.3, -0.25) is 4.79 Å². The highest BCUT2D eigenvalue weighted by atomic mass is 35.5. The van der Waals surface area contributed by atoms with Crippen LogP contribution in [0.2, 0.25) is 5.02 Å². The van der Waals surface area contributed by atoms with Gasteiger partial charge in [-0.25, -0.2) is 9.02 Å². The van der Waals surface area contributed by atoms with Crippen molar-refractivity contribution in [2.75, 3.05) is 5.32 Å². The number of fused-ring (bicyclic) bond motifs is 1. The van der Waals surface area contributed by atoms with Crippen LogP contribution >= 0.6 is 22.9 Å². The molecule has 1 amide bonds. The Morgan fingerprint density at radius 3 is 2.73 bits per heavy atom. The molecule has 0 fully saturated rings. The van der Waals surface area contributed by atoms with Gasteiger partial charge < -0.3 is 5.32 Å². The summed E-state index contributed by atoms with van der Waals surface area (Å²) in [4.78, 5) is 13.0. The van der Waals surface area contributed by atoms with Gasteiger partial charge in [0, 0.05) is 15.6 Å². The highest BCUT2D eigenvalue weighted by molar-refractivity contribution is 7.21. The van der Waals surface area contributed by atoms with Gasteiger partial charge in [-0.2, -0.15) is 0 Å². The van der Waals surface area contributed by atoms with E-state index in [-0.39, 0.29) is 11.6 Å². The molecule has 0 aliphatic heterocycles. The third-order valence-corrected chi connectivity index (χ3v) is 5.49. The smallest absolute Gasteiger partial charge is 0.268 e. The normalized spacial score (nSPS) is 11.0. The Kier molecular flexibility index (Phi) is 4.18. The van der Waals surface area contributed by atoms with Crippen molar-refractivity contribution in [2.45, 2.75) is 6.92 Å². The molecule has 0 spiro atoms.